The molecule has 6 heteroatoms. The summed E-state index contributed by atoms with van der Waals surface area (Å²) in [7, 11) is 0. The van der Waals surface area contributed by atoms with Crippen LogP contribution in [0.5, 0.6) is 0 Å². The van der Waals surface area contributed by atoms with E-state index >= 15 is 0 Å². The van der Waals surface area contributed by atoms with Crippen molar-refractivity contribution in [3.8, 4) is 0 Å². The smallest absolute Gasteiger partial charge is 0.315 e. The van der Waals surface area contributed by atoms with E-state index in [9.17, 15) is 14.7 Å². The molecule has 1 rings (SSSR count). The number of thioether (sulfide) groups is 1. The van der Waals surface area contributed by atoms with Gasteiger partial charge in [0, 0.05) is 18.3 Å². The van der Waals surface area contributed by atoms with Crippen molar-refractivity contribution in [3.05, 3.63) is 0 Å². The van der Waals surface area contributed by atoms with Crippen molar-refractivity contribution in [2.75, 3.05) is 18.6 Å². The molecule has 0 aromatic carbocycles. The molecule has 0 aromatic heterocycles. The summed E-state index contributed by atoms with van der Waals surface area (Å²) in [5.41, 5.74) is -0.823. The predicted molar refractivity (Wildman–Crippen MR) is 68.3 cm³/mol. The second kappa shape index (κ2) is 6.14. The minimum Gasteiger partial charge on any atom is -0.481 e. The first-order valence-electron chi connectivity index (χ1n) is 5.77. The molecule has 5 nitrogen and oxygen atoms in total. The van der Waals surface area contributed by atoms with Crippen LogP contribution >= 0.6 is 11.8 Å². The first-order valence-corrected chi connectivity index (χ1v) is 7.17. The van der Waals surface area contributed by atoms with Crippen molar-refractivity contribution in [3.63, 3.8) is 0 Å². The van der Waals surface area contributed by atoms with E-state index < -0.39 is 11.4 Å². The number of rotatable bonds is 5. The Morgan fingerprint density at radius 3 is 2.82 bits per heavy atom. The Morgan fingerprint density at radius 2 is 2.24 bits per heavy atom. The van der Waals surface area contributed by atoms with Crippen molar-refractivity contribution in [1.29, 1.82) is 0 Å². The minimum atomic E-state index is -0.829. The van der Waals surface area contributed by atoms with Crippen LogP contribution in [0.2, 0.25) is 0 Å². The van der Waals surface area contributed by atoms with Crippen molar-refractivity contribution in [1.82, 2.24) is 10.6 Å². The summed E-state index contributed by atoms with van der Waals surface area (Å²) in [6.07, 6.45) is 4.17. The number of hydrogen-bond donors (Lipinski definition) is 3. The van der Waals surface area contributed by atoms with Crippen LogP contribution in [0.25, 0.3) is 0 Å². The highest BCUT2D eigenvalue weighted by atomic mass is 32.2. The maximum Gasteiger partial charge on any atom is 0.315 e. The van der Waals surface area contributed by atoms with Gasteiger partial charge in [0.2, 0.25) is 0 Å². The maximum absolute atomic E-state index is 11.6. The molecule has 2 unspecified atom stereocenters. The Kier molecular flexibility index (Phi) is 5.11. The number of carboxylic acids is 1. The number of hydrogen-bond acceptors (Lipinski definition) is 3. The predicted octanol–water partition coefficient (Wildman–Crippen LogP) is 1.29. The highest BCUT2D eigenvalue weighted by Crippen LogP contribution is 2.38. The topological polar surface area (TPSA) is 78.4 Å². The van der Waals surface area contributed by atoms with Crippen molar-refractivity contribution in [2.24, 2.45) is 5.41 Å². The average Bonchev–Trinajstić information content (AvgIpc) is 2.62. The Hall–Kier alpha value is -0.910. The van der Waals surface area contributed by atoms with E-state index in [0.717, 1.165) is 18.6 Å². The monoisotopic (exact) mass is 260 g/mol. The van der Waals surface area contributed by atoms with E-state index in [1.165, 1.54) is 0 Å². The molecule has 0 aliphatic heterocycles. The quantitative estimate of drug-likeness (QED) is 0.651. The summed E-state index contributed by atoms with van der Waals surface area (Å²) in [5, 5.41) is 14.7. The standard InChI is InChI=1S/C11H20N2O3S/c1-11(9(14)15)5-3-4-8(11)13-10(16)12-6-7-17-2/h8H,3-7H2,1-2H3,(H,14,15)(H2,12,13,16). The van der Waals surface area contributed by atoms with E-state index in [1.807, 2.05) is 6.26 Å². The molecule has 0 spiro atoms. The van der Waals surface area contributed by atoms with Crippen LogP contribution in [-0.4, -0.2) is 41.7 Å². The van der Waals surface area contributed by atoms with Gasteiger partial charge in [-0.05, 0) is 26.0 Å². The Balaban J connectivity index is 2.45. The fourth-order valence-corrected chi connectivity index (χ4v) is 2.44. The maximum atomic E-state index is 11.6. The molecule has 3 N–H and O–H groups in total. The van der Waals surface area contributed by atoms with E-state index in [0.29, 0.717) is 13.0 Å². The zero-order valence-corrected chi connectivity index (χ0v) is 11.1. The third-order valence-corrected chi connectivity index (χ3v) is 3.96. The zero-order valence-electron chi connectivity index (χ0n) is 10.3. The molecule has 0 bridgehead atoms. The van der Waals surface area contributed by atoms with Crippen LogP contribution in [0.1, 0.15) is 26.2 Å². The van der Waals surface area contributed by atoms with E-state index in [-0.39, 0.29) is 12.1 Å². The molecule has 1 aliphatic rings. The first-order chi connectivity index (χ1) is 8.00. The summed E-state index contributed by atoms with van der Waals surface area (Å²) >= 11 is 1.65. The number of carbonyl (C=O) groups is 2. The normalized spacial score (nSPS) is 27.8. The molecule has 1 aliphatic carbocycles. The van der Waals surface area contributed by atoms with Gasteiger partial charge in [-0.25, -0.2) is 4.79 Å². The van der Waals surface area contributed by atoms with Gasteiger partial charge in [-0.2, -0.15) is 11.8 Å². The largest absolute Gasteiger partial charge is 0.481 e. The molecule has 98 valence electrons. The molecule has 17 heavy (non-hydrogen) atoms. The van der Waals surface area contributed by atoms with E-state index in [4.69, 9.17) is 0 Å². The fourth-order valence-electron chi connectivity index (χ4n) is 2.13. The Morgan fingerprint density at radius 1 is 1.53 bits per heavy atom. The average molecular weight is 260 g/mol. The molecule has 0 radical (unpaired) electrons. The highest BCUT2D eigenvalue weighted by molar-refractivity contribution is 7.98. The molecular weight excluding hydrogens is 240 g/mol. The van der Waals surface area contributed by atoms with Gasteiger partial charge >= 0.3 is 12.0 Å². The zero-order chi connectivity index (χ0) is 12.9. The molecular formula is C11H20N2O3S. The van der Waals surface area contributed by atoms with Crippen molar-refractivity contribution in [2.45, 2.75) is 32.2 Å². The lowest BCUT2D eigenvalue weighted by atomic mass is 9.85. The van der Waals surface area contributed by atoms with Gasteiger partial charge in [0.25, 0.3) is 0 Å². The van der Waals surface area contributed by atoms with Gasteiger partial charge in [0.1, 0.15) is 0 Å². The van der Waals surface area contributed by atoms with Crippen LogP contribution < -0.4 is 10.6 Å². The second-order valence-electron chi connectivity index (χ2n) is 4.56. The minimum absolute atomic E-state index is 0.265. The number of aliphatic carboxylic acids is 1. The fraction of sp³-hybridized carbons (Fsp3) is 0.818. The van der Waals surface area contributed by atoms with Crippen LogP contribution in [0.15, 0.2) is 0 Å². The molecule has 1 saturated carbocycles. The lowest BCUT2D eigenvalue weighted by Gasteiger charge is -2.27. The number of carbonyl (C=O) groups excluding carboxylic acids is 1. The van der Waals surface area contributed by atoms with Crippen LogP contribution in [0.3, 0.4) is 0 Å². The Bertz CT molecular complexity index is 298. The summed E-state index contributed by atoms with van der Waals surface area (Å²) in [6, 6.07) is -0.535. The van der Waals surface area contributed by atoms with Crippen LogP contribution in [-0.2, 0) is 4.79 Å². The van der Waals surface area contributed by atoms with Gasteiger partial charge in [-0.15, -0.1) is 0 Å². The number of nitrogens with one attached hydrogen (secondary N) is 2. The van der Waals surface area contributed by atoms with E-state index in [1.54, 1.807) is 18.7 Å². The lowest BCUT2D eigenvalue weighted by Crippen LogP contribution is -2.50. The third-order valence-electron chi connectivity index (χ3n) is 3.34. The first kappa shape index (κ1) is 14.2. The lowest BCUT2D eigenvalue weighted by molar-refractivity contribution is -0.148. The Labute approximate surface area is 106 Å². The molecule has 2 amide bonds. The second-order valence-corrected chi connectivity index (χ2v) is 5.55. The molecule has 1 fully saturated rings. The molecule has 0 saturated heterocycles. The van der Waals surface area contributed by atoms with E-state index in [2.05, 4.69) is 10.6 Å². The van der Waals surface area contributed by atoms with Gasteiger partial charge in [0.05, 0.1) is 5.41 Å². The van der Waals surface area contributed by atoms with Gasteiger partial charge in [-0.3, -0.25) is 4.79 Å². The number of urea groups is 1. The molecule has 2 atom stereocenters. The van der Waals surface area contributed by atoms with Crippen molar-refractivity contribution < 1.29 is 14.7 Å². The summed E-state index contributed by atoms with van der Waals surface area (Å²) in [4.78, 5) is 22.8. The molecule has 0 aromatic rings. The summed E-state index contributed by atoms with van der Waals surface area (Å²) in [5.74, 6) is 0.0262. The highest BCUT2D eigenvalue weighted by Gasteiger charge is 2.45. The van der Waals surface area contributed by atoms with Crippen molar-refractivity contribution >= 4 is 23.8 Å². The molecule has 0 heterocycles. The van der Waals surface area contributed by atoms with Gasteiger partial charge in [0.15, 0.2) is 0 Å². The van der Waals surface area contributed by atoms with Gasteiger partial charge < -0.3 is 15.7 Å². The SMILES string of the molecule is CSCCNC(=O)NC1CCCC1(C)C(=O)O. The summed E-state index contributed by atoms with van der Waals surface area (Å²) < 4.78 is 0. The number of carboxylic acid groups (broad SMARTS) is 1. The number of amides is 2. The van der Waals surface area contributed by atoms with Crippen LogP contribution in [0.4, 0.5) is 4.79 Å². The van der Waals surface area contributed by atoms with Crippen LogP contribution in [0, 0.1) is 5.41 Å². The third kappa shape index (κ3) is 3.52. The summed E-state index contributed by atoms with van der Waals surface area (Å²) in [6.45, 7) is 2.30. The van der Waals surface area contributed by atoms with Gasteiger partial charge in [-0.1, -0.05) is 6.42 Å².